The van der Waals surface area contributed by atoms with Crippen molar-refractivity contribution < 1.29 is 22.7 Å². The summed E-state index contributed by atoms with van der Waals surface area (Å²) in [6, 6.07) is 12.6. The van der Waals surface area contributed by atoms with E-state index in [-0.39, 0.29) is 16.3 Å². The van der Waals surface area contributed by atoms with Gasteiger partial charge in [0.1, 0.15) is 5.75 Å². The van der Waals surface area contributed by atoms with Gasteiger partial charge < -0.3 is 9.47 Å². The maximum Gasteiger partial charge on any atom is 0.316 e. The van der Waals surface area contributed by atoms with Crippen LogP contribution >= 0.6 is 0 Å². The molecule has 0 fully saturated rings. The number of ether oxygens (including phenoxy) is 2. The van der Waals surface area contributed by atoms with Crippen molar-refractivity contribution >= 4 is 15.8 Å². The largest absolute Gasteiger partial charge is 0.496 e. The first-order valence-electron chi connectivity index (χ1n) is 11.7. The van der Waals surface area contributed by atoms with Crippen molar-refractivity contribution in [1.29, 1.82) is 0 Å². The third kappa shape index (κ3) is 5.22. The van der Waals surface area contributed by atoms with Gasteiger partial charge in [0.25, 0.3) is 0 Å². The lowest BCUT2D eigenvalue weighted by Gasteiger charge is -2.43. The van der Waals surface area contributed by atoms with Gasteiger partial charge in [-0.1, -0.05) is 64.5 Å². The molecule has 0 heterocycles. The minimum atomic E-state index is -3.49. The average molecular weight is 485 g/mol. The molecular weight excluding hydrogens is 448 g/mol. The average Bonchev–Trinajstić information content (AvgIpc) is 2.80. The van der Waals surface area contributed by atoms with Gasteiger partial charge in [-0.2, -0.15) is 0 Å². The second-order valence-corrected chi connectivity index (χ2v) is 12.0. The highest BCUT2D eigenvalue weighted by atomic mass is 32.2. The van der Waals surface area contributed by atoms with E-state index in [0.29, 0.717) is 18.8 Å². The molecule has 2 aromatic carbocycles. The summed E-state index contributed by atoms with van der Waals surface area (Å²) < 4.78 is 36.1. The molecule has 1 unspecified atom stereocenters. The quantitative estimate of drug-likeness (QED) is 0.389. The Morgan fingerprint density at radius 1 is 1.15 bits per heavy atom. The van der Waals surface area contributed by atoms with Crippen molar-refractivity contribution in [3.05, 3.63) is 70.6 Å². The van der Waals surface area contributed by atoms with Gasteiger partial charge in [0, 0.05) is 5.41 Å². The van der Waals surface area contributed by atoms with Crippen LogP contribution in [0.1, 0.15) is 69.6 Å². The van der Waals surface area contributed by atoms with Crippen molar-refractivity contribution in [3.63, 3.8) is 0 Å². The van der Waals surface area contributed by atoms with Crippen molar-refractivity contribution in [2.24, 2.45) is 5.41 Å². The maximum absolute atomic E-state index is 12.9. The molecule has 0 saturated heterocycles. The number of esters is 1. The Labute approximate surface area is 204 Å². The molecule has 0 bridgehead atoms. The normalized spacial score (nSPS) is 18.0. The van der Waals surface area contributed by atoms with Gasteiger partial charge in [0.2, 0.25) is 0 Å². The van der Waals surface area contributed by atoms with Crippen molar-refractivity contribution in [3.8, 4) is 5.75 Å². The number of carbonyl (C=O) groups is 1. The number of sulfone groups is 1. The second kappa shape index (κ2) is 9.95. The SMILES string of the molecule is COC(=O)C1(CCCC(C)(C)/C=C/S(=O)(=O)c2ccccc2)Cc2cc(C(C)C)c(OC)cc21. The van der Waals surface area contributed by atoms with E-state index in [0.717, 1.165) is 29.7 Å². The monoisotopic (exact) mass is 484 g/mol. The minimum absolute atomic E-state index is 0.223. The summed E-state index contributed by atoms with van der Waals surface area (Å²) in [4.78, 5) is 13.2. The molecule has 0 aliphatic heterocycles. The van der Waals surface area contributed by atoms with E-state index in [9.17, 15) is 13.2 Å². The Balaban J connectivity index is 1.75. The van der Waals surface area contributed by atoms with Crippen LogP contribution in [0.25, 0.3) is 0 Å². The Morgan fingerprint density at radius 2 is 1.82 bits per heavy atom. The molecule has 34 heavy (non-hydrogen) atoms. The number of carbonyl (C=O) groups excluding carboxylic acids is 1. The summed E-state index contributed by atoms with van der Waals surface area (Å²) in [5.41, 5.74) is 2.28. The summed E-state index contributed by atoms with van der Waals surface area (Å²) in [7, 11) is -0.395. The summed E-state index contributed by atoms with van der Waals surface area (Å²) in [6.07, 6.45) is 4.54. The van der Waals surface area contributed by atoms with Crippen LogP contribution in [0.4, 0.5) is 0 Å². The van der Waals surface area contributed by atoms with Crippen LogP contribution in [-0.4, -0.2) is 28.6 Å². The van der Waals surface area contributed by atoms with Gasteiger partial charge in [0.05, 0.1) is 24.5 Å². The fourth-order valence-corrected chi connectivity index (χ4v) is 6.01. The number of hydrogen-bond acceptors (Lipinski definition) is 5. The number of benzene rings is 2. The molecule has 0 spiro atoms. The van der Waals surface area contributed by atoms with Crippen LogP contribution in [-0.2, 0) is 31.2 Å². The van der Waals surface area contributed by atoms with E-state index in [1.165, 1.54) is 18.1 Å². The van der Waals surface area contributed by atoms with Crippen LogP contribution in [0.3, 0.4) is 0 Å². The van der Waals surface area contributed by atoms with E-state index in [1.807, 2.05) is 19.9 Å². The van der Waals surface area contributed by atoms with E-state index < -0.39 is 15.3 Å². The summed E-state index contributed by atoms with van der Waals surface area (Å²) in [6.45, 7) is 8.29. The zero-order chi connectivity index (χ0) is 25.1. The maximum atomic E-state index is 12.9. The summed E-state index contributed by atoms with van der Waals surface area (Å²) in [5.74, 6) is 0.906. The molecule has 5 nitrogen and oxygen atoms in total. The van der Waals surface area contributed by atoms with Crippen molar-refractivity contribution in [2.45, 2.75) is 69.6 Å². The van der Waals surface area contributed by atoms with Crippen molar-refractivity contribution in [1.82, 2.24) is 0 Å². The molecule has 1 aliphatic rings. The standard InChI is InChI=1S/C28H36O5S/c1-20(2)23-17-21-19-28(26(29)33-6,24(21)18-25(23)32-5)14-10-13-27(3,4)15-16-34(30,31)22-11-8-7-9-12-22/h7-9,11-12,15-18,20H,10,13-14,19H2,1-6H3/b16-15+. The predicted octanol–water partition coefficient (Wildman–Crippen LogP) is 5.97. The lowest BCUT2D eigenvalue weighted by atomic mass is 9.60. The molecule has 6 heteroatoms. The van der Waals surface area contributed by atoms with Crippen LogP contribution < -0.4 is 4.74 Å². The number of hydrogen-bond donors (Lipinski definition) is 0. The van der Waals surface area contributed by atoms with Crippen LogP contribution in [0.15, 0.2) is 58.8 Å². The molecule has 1 atom stereocenters. The van der Waals surface area contributed by atoms with Gasteiger partial charge in [0.15, 0.2) is 9.84 Å². The first kappa shape index (κ1) is 26.0. The molecule has 1 aliphatic carbocycles. The highest BCUT2D eigenvalue weighted by Gasteiger charge is 2.50. The fourth-order valence-electron chi connectivity index (χ4n) is 4.77. The topological polar surface area (TPSA) is 69.7 Å². The highest BCUT2D eigenvalue weighted by molar-refractivity contribution is 7.94. The minimum Gasteiger partial charge on any atom is -0.496 e. The number of allylic oxidation sites excluding steroid dienone is 1. The Bertz CT molecular complexity index is 1160. The third-order valence-electron chi connectivity index (χ3n) is 6.86. The summed E-state index contributed by atoms with van der Waals surface area (Å²) in [5, 5.41) is 1.30. The molecule has 0 N–H and O–H groups in total. The van der Waals surface area contributed by atoms with E-state index in [1.54, 1.807) is 43.5 Å². The van der Waals surface area contributed by atoms with Gasteiger partial charge >= 0.3 is 5.97 Å². The molecule has 0 saturated carbocycles. The van der Waals surface area contributed by atoms with Crippen LogP contribution in [0.5, 0.6) is 5.75 Å². The molecule has 3 rings (SSSR count). The lowest BCUT2D eigenvalue weighted by molar-refractivity contribution is -0.149. The lowest BCUT2D eigenvalue weighted by Crippen LogP contribution is -2.47. The predicted molar refractivity (Wildman–Crippen MR) is 135 cm³/mol. The molecular formula is C28H36O5S. The number of fused-ring (bicyclic) bond motifs is 1. The Morgan fingerprint density at radius 3 is 2.41 bits per heavy atom. The number of rotatable bonds is 10. The first-order valence-corrected chi connectivity index (χ1v) is 13.3. The number of methoxy groups -OCH3 is 2. The molecule has 0 radical (unpaired) electrons. The Kier molecular flexibility index (Phi) is 7.61. The van der Waals surface area contributed by atoms with Gasteiger partial charge in [-0.15, -0.1) is 0 Å². The van der Waals surface area contributed by atoms with E-state index >= 15 is 0 Å². The summed E-state index contributed by atoms with van der Waals surface area (Å²) >= 11 is 0. The van der Waals surface area contributed by atoms with Crippen LogP contribution in [0, 0.1) is 5.41 Å². The van der Waals surface area contributed by atoms with Gasteiger partial charge in [-0.05, 0) is 65.5 Å². The third-order valence-corrected chi connectivity index (χ3v) is 8.28. The van der Waals surface area contributed by atoms with E-state index in [4.69, 9.17) is 9.47 Å². The first-order chi connectivity index (χ1) is 16.0. The molecule has 0 amide bonds. The smallest absolute Gasteiger partial charge is 0.316 e. The van der Waals surface area contributed by atoms with Crippen LogP contribution in [0.2, 0.25) is 0 Å². The zero-order valence-corrected chi connectivity index (χ0v) is 21.9. The second-order valence-electron chi connectivity index (χ2n) is 10.2. The highest BCUT2D eigenvalue weighted by Crippen LogP contribution is 2.49. The Hall–Kier alpha value is -2.60. The van der Waals surface area contributed by atoms with Gasteiger partial charge in [-0.25, -0.2) is 8.42 Å². The van der Waals surface area contributed by atoms with Gasteiger partial charge in [-0.3, -0.25) is 4.79 Å². The molecule has 184 valence electrons. The molecule has 0 aromatic heterocycles. The van der Waals surface area contributed by atoms with E-state index in [2.05, 4.69) is 19.9 Å². The zero-order valence-electron chi connectivity index (χ0n) is 21.1. The molecule has 2 aromatic rings. The van der Waals surface area contributed by atoms with Crippen molar-refractivity contribution in [2.75, 3.05) is 14.2 Å². The fraction of sp³-hybridized carbons (Fsp3) is 0.464.